The number of hydrogen-bond donors (Lipinski definition) is 0. The van der Waals surface area contributed by atoms with Gasteiger partial charge in [0.2, 0.25) is 0 Å². The summed E-state index contributed by atoms with van der Waals surface area (Å²) in [6.07, 6.45) is 0. The van der Waals surface area contributed by atoms with Crippen LogP contribution in [0, 0.1) is 6.92 Å². The van der Waals surface area contributed by atoms with E-state index in [1.165, 1.54) is 33.0 Å². The summed E-state index contributed by atoms with van der Waals surface area (Å²) in [5.74, 6) is 0. The predicted molar refractivity (Wildman–Crippen MR) is 133 cm³/mol. The Morgan fingerprint density at radius 1 is 0.548 bits per heavy atom. The largest absolute Gasteiger partial charge is 0.309 e. The van der Waals surface area contributed by atoms with Gasteiger partial charge in [-0.1, -0.05) is 103 Å². The van der Waals surface area contributed by atoms with Gasteiger partial charge in [-0.25, -0.2) is 0 Å². The van der Waals surface area contributed by atoms with Gasteiger partial charge in [-0.15, -0.1) is 0 Å². The van der Waals surface area contributed by atoms with E-state index in [0.29, 0.717) is 0 Å². The van der Waals surface area contributed by atoms with Crippen LogP contribution in [0.3, 0.4) is 0 Å². The van der Waals surface area contributed by atoms with Gasteiger partial charge in [0.05, 0.1) is 0 Å². The summed E-state index contributed by atoms with van der Waals surface area (Å²) in [7, 11) is -3.05. The highest BCUT2D eigenvalue weighted by atomic mass is 31.2. The molecular formula is C29H21OP. The monoisotopic (exact) mass is 416 g/mol. The molecule has 31 heavy (non-hydrogen) atoms. The summed E-state index contributed by atoms with van der Waals surface area (Å²) < 4.78 is 15.1. The quantitative estimate of drug-likeness (QED) is 0.304. The third kappa shape index (κ3) is 2.54. The van der Waals surface area contributed by atoms with E-state index in [9.17, 15) is 0 Å². The van der Waals surface area contributed by atoms with Crippen LogP contribution in [0.2, 0.25) is 0 Å². The van der Waals surface area contributed by atoms with Crippen LogP contribution < -0.4 is 15.9 Å². The average Bonchev–Trinajstić information content (AvgIpc) is 3.16. The van der Waals surface area contributed by atoms with Gasteiger partial charge in [-0.2, -0.15) is 0 Å². The smallest absolute Gasteiger partial charge is 0.171 e. The minimum atomic E-state index is -3.05. The van der Waals surface area contributed by atoms with Crippen LogP contribution in [-0.2, 0) is 4.57 Å². The van der Waals surface area contributed by atoms with Crippen molar-refractivity contribution in [2.75, 3.05) is 0 Å². The van der Waals surface area contributed by atoms with Gasteiger partial charge >= 0.3 is 0 Å². The van der Waals surface area contributed by atoms with E-state index in [-0.39, 0.29) is 0 Å². The van der Waals surface area contributed by atoms with Crippen LogP contribution in [0.1, 0.15) is 5.56 Å². The van der Waals surface area contributed by atoms with E-state index < -0.39 is 7.14 Å². The van der Waals surface area contributed by atoms with Crippen LogP contribution in [0.4, 0.5) is 0 Å². The molecule has 0 saturated heterocycles. The molecule has 0 fully saturated rings. The minimum Gasteiger partial charge on any atom is -0.309 e. The molecule has 6 rings (SSSR count). The molecule has 0 saturated carbocycles. The zero-order valence-electron chi connectivity index (χ0n) is 17.2. The first-order valence-electron chi connectivity index (χ1n) is 10.6. The molecule has 1 aliphatic carbocycles. The Bertz CT molecular complexity index is 1460. The molecule has 1 nitrogen and oxygen atoms in total. The predicted octanol–water partition coefficient (Wildman–Crippen LogP) is 6.44. The fourth-order valence-electron chi connectivity index (χ4n) is 5.03. The second-order valence-electron chi connectivity index (χ2n) is 8.12. The molecule has 0 N–H and O–H groups in total. The molecule has 5 aromatic carbocycles. The lowest BCUT2D eigenvalue weighted by Crippen LogP contribution is -2.27. The third-order valence-electron chi connectivity index (χ3n) is 6.49. The van der Waals surface area contributed by atoms with Crippen molar-refractivity contribution < 1.29 is 4.57 Å². The Kier molecular flexibility index (Phi) is 4.03. The van der Waals surface area contributed by atoms with E-state index in [0.717, 1.165) is 21.5 Å². The van der Waals surface area contributed by atoms with Crippen molar-refractivity contribution in [1.82, 2.24) is 0 Å². The highest BCUT2D eigenvalue weighted by Crippen LogP contribution is 2.51. The van der Waals surface area contributed by atoms with Crippen molar-refractivity contribution in [2.45, 2.75) is 6.92 Å². The van der Waals surface area contributed by atoms with E-state index in [2.05, 4.69) is 55.5 Å². The molecule has 5 aromatic rings. The Morgan fingerprint density at radius 2 is 1.06 bits per heavy atom. The molecular weight excluding hydrogens is 395 g/mol. The first-order chi connectivity index (χ1) is 15.2. The molecule has 0 atom stereocenters. The SMILES string of the molecule is Cc1c(P(=O)(c2ccccc2)c2ccccc2)cc2c3c(cccc13)-c1ccccc1-2. The van der Waals surface area contributed by atoms with Crippen molar-refractivity contribution in [3.05, 3.63) is 115 Å². The second kappa shape index (κ2) is 6.80. The number of aryl methyl sites for hydroxylation is 1. The topological polar surface area (TPSA) is 17.1 Å². The summed E-state index contributed by atoms with van der Waals surface area (Å²) in [5, 5.41) is 5.14. The molecule has 0 bridgehead atoms. The molecule has 148 valence electrons. The van der Waals surface area contributed by atoms with Crippen LogP contribution in [0.25, 0.3) is 33.0 Å². The zero-order valence-corrected chi connectivity index (χ0v) is 18.1. The number of rotatable bonds is 3. The number of fused-ring (bicyclic) bond motifs is 3. The summed E-state index contributed by atoms with van der Waals surface area (Å²) >= 11 is 0. The van der Waals surface area contributed by atoms with Crippen LogP contribution >= 0.6 is 7.14 Å². The fraction of sp³-hybridized carbons (Fsp3) is 0.0345. The summed E-state index contributed by atoms with van der Waals surface area (Å²) in [6, 6.07) is 37.1. The van der Waals surface area contributed by atoms with E-state index >= 15 is 4.57 Å². The lowest BCUT2D eigenvalue weighted by molar-refractivity contribution is 0.592. The molecule has 0 unspecified atom stereocenters. The first kappa shape index (κ1) is 18.4. The van der Waals surface area contributed by atoms with Gasteiger partial charge in [0.25, 0.3) is 0 Å². The zero-order chi connectivity index (χ0) is 21.0. The lowest BCUT2D eigenvalue weighted by atomic mass is 9.99. The van der Waals surface area contributed by atoms with Gasteiger partial charge in [-0.3, -0.25) is 0 Å². The number of benzene rings is 5. The molecule has 0 aliphatic heterocycles. The maximum absolute atomic E-state index is 15.1. The standard InChI is InChI=1S/C29H21OP/c1-20-23-17-10-18-26-24-15-8-9-16-25(24)27(29(23)26)19-28(20)31(30,21-11-4-2-5-12-21)22-13-6-3-7-14-22/h2-19H,1H3. The molecule has 2 heteroatoms. The molecule has 1 aliphatic rings. The van der Waals surface area contributed by atoms with Gasteiger partial charge in [0, 0.05) is 15.9 Å². The van der Waals surface area contributed by atoms with Crippen LogP contribution in [-0.4, -0.2) is 0 Å². The molecule has 0 aromatic heterocycles. The second-order valence-corrected chi connectivity index (χ2v) is 10.9. The minimum absolute atomic E-state index is 0.873. The maximum Gasteiger partial charge on any atom is 0.171 e. The van der Waals surface area contributed by atoms with Gasteiger partial charge in [-0.05, 0) is 51.6 Å². The van der Waals surface area contributed by atoms with Crippen LogP contribution in [0.15, 0.2) is 109 Å². The Balaban J connectivity index is 1.75. The Morgan fingerprint density at radius 3 is 1.68 bits per heavy atom. The lowest BCUT2D eigenvalue weighted by Gasteiger charge is -2.23. The third-order valence-corrected chi connectivity index (χ3v) is 9.68. The Hall–Kier alpha value is -3.41. The summed E-state index contributed by atoms with van der Waals surface area (Å²) in [4.78, 5) is 0. The Labute approximate surface area is 182 Å². The summed E-state index contributed by atoms with van der Waals surface area (Å²) in [6.45, 7) is 2.12. The maximum atomic E-state index is 15.1. The van der Waals surface area contributed by atoms with Gasteiger partial charge < -0.3 is 4.57 Å². The molecule has 0 radical (unpaired) electrons. The van der Waals surface area contributed by atoms with Crippen molar-refractivity contribution in [3.8, 4) is 22.3 Å². The average molecular weight is 416 g/mol. The summed E-state index contributed by atoms with van der Waals surface area (Å²) in [5.41, 5.74) is 6.04. The van der Waals surface area contributed by atoms with E-state index in [1.54, 1.807) is 0 Å². The van der Waals surface area contributed by atoms with E-state index in [4.69, 9.17) is 0 Å². The van der Waals surface area contributed by atoms with Crippen molar-refractivity contribution >= 4 is 33.8 Å². The van der Waals surface area contributed by atoms with Crippen molar-refractivity contribution in [3.63, 3.8) is 0 Å². The normalized spacial score (nSPS) is 12.2. The van der Waals surface area contributed by atoms with E-state index in [1.807, 2.05) is 60.7 Å². The number of hydrogen-bond acceptors (Lipinski definition) is 1. The van der Waals surface area contributed by atoms with Gasteiger partial charge in [0.1, 0.15) is 0 Å². The molecule has 0 heterocycles. The first-order valence-corrected chi connectivity index (χ1v) is 12.3. The van der Waals surface area contributed by atoms with Gasteiger partial charge in [0.15, 0.2) is 7.14 Å². The van der Waals surface area contributed by atoms with Crippen LogP contribution in [0.5, 0.6) is 0 Å². The highest BCUT2D eigenvalue weighted by molar-refractivity contribution is 7.85. The van der Waals surface area contributed by atoms with Crippen molar-refractivity contribution in [2.24, 2.45) is 0 Å². The molecule has 0 spiro atoms. The van der Waals surface area contributed by atoms with Crippen molar-refractivity contribution in [1.29, 1.82) is 0 Å². The fourth-order valence-corrected chi connectivity index (χ4v) is 7.97. The highest BCUT2D eigenvalue weighted by Gasteiger charge is 2.34. The molecule has 0 amide bonds.